The van der Waals surface area contributed by atoms with Gasteiger partial charge in [0.05, 0.1) is 15.6 Å². The first-order valence-electron chi connectivity index (χ1n) is 4.82. The molecule has 0 aliphatic heterocycles. The molecular formula is C10H10BrNO3S. The first-order valence-corrected chi connectivity index (χ1v) is 6.49. The summed E-state index contributed by atoms with van der Waals surface area (Å²) in [6.07, 6.45) is 0.464. The van der Waals surface area contributed by atoms with Crippen LogP contribution in [0.5, 0.6) is 0 Å². The van der Waals surface area contributed by atoms with Crippen LogP contribution in [0.25, 0.3) is 0 Å². The van der Waals surface area contributed by atoms with E-state index in [1.807, 2.05) is 11.4 Å². The van der Waals surface area contributed by atoms with E-state index in [0.29, 0.717) is 13.0 Å². The van der Waals surface area contributed by atoms with Gasteiger partial charge in [0.15, 0.2) is 0 Å². The van der Waals surface area contributed by atoms with Crippen molar-refractivity contribution < 1.29 is 14.7 Å². The highest BCUT2D eigenvalue weighted by atomic mass is 79.9. The molecule has 2 atom stereocenters. The second-order valence-corrected chi connectivity index (χ2v) is 5.96. The number of nitrogens with one attached hydrogen (secondary N) is 1. The lowest BCUT2D eigenvalue weighted by molar-refractivity contribution is -0.140. The standard InChI is InChI=1S/C10H10BrNO3S/c11-8-5(1-2-16-8)4-12-9(13)6-3-7(6)10(14)15/h1-2,6-7H,3-4H2,(H,12,13)(H,14,15). The molecule has 1 saturated carbocycles. The maximum Gasteiger partial charge on any atom is 0.307 e. The van der Waals surface area contributed by atoms with E-state index < -0.39 is 11.9 Å². The number of amides is 1. The molecule has 86 valence electrons. The lowest BCUT2D eigenvalue weighted by Crippen LogP contribution is -2.25. The highest BCUT2D eigenvalue weighted by molar-refractivity contribution is 9.11. The van der Waals surface area contributed by atoms with Gasteiger partial charge in [-0.3, -0.25) is 9.59 Å². The highest BCUT2D eigenvalue weighted by Gasteiger charge is 2.48. The molecule has 0 radical (unpaired) electrons. The number of halogens is 1. The number of carbonyl (C=O) groups excluding carboxylic acids is 1. The minimum Gasteiger partial charge on any atom is -0.481 e. The van der Waals surface area contributed by atoms with E-state index in [2.05, 4.69) is 21.2 Å². The van der Waals surface area contributed by atoms with Gasteiger partial charge in [-0.15, -0.1) is 11.3 Å². The van der Waals surface area contributed by atoms with Crippen molar-refractivity contribution >= 4 is 39.1 Å². The zero-order chi connectivity index (χ0) is 11.7. The maximum absolute atomic E-state index is 11.5. The Bertz CT molecular complexity index is 431. The summed E-state index contributed by atoms with van der Waals surface area (Å²) >= 11 is 4.93. The summed E-state index contributed by atoms with van der Waals surface area (Å²) in [4.78, 5) is 22.1. The van der Waals surface area contributed by atoms with Crippen molar-refractivity contribution in [1.82, 2.24) is 5.32 Å². The Morgan fingerprint density at radius 3 is 2.81 bits per heavy atom. The van der Waals surface area contributed by atoms with E-state index in [0.717, 1.165) is 9.35 Å². The molecule has 6 heteroatoms. The highest BCUT2D eigenvalue weighted by Crippen LogP contribution is 2.38. The molecule has 0 aromatic carbocycles. The number of aliphatic carboxylic acids is 1. The van der Waals surface area contributed by atoms with Gasteiger partial charge in [-0.2, -0.15) is 0 Å². The Morgan fingerprint density at radius 1 is 1.56 bits per heavy atom. The summed E-state index contributed by atoms with van der Waals surface area (Å²) in [5, 5.41) is 13.4. The van der Waals surface area contributed by atoms with E-state index in [9.17, 15) is 9.59 Å². The summed E-state index contributed by atoms with van der Waals surface area (Å²) in [6.45, 7) is 0.450. The van der Waals surface area contributed by atoms with Crippen LogP contribution in [0.2, 0.25) is 0 Å². The fourth-order valence-corrected chi connectivity index (χ4v) is 2.76. The van der Waals surface area contributed by atoms with Crippen LogP contribution < -0.4 is 5.32 Å². The fourth-order valence-electron chi connectivity index (χ4n) is 1.52. The van der Waals surface area contributed by atoms with Crippen molar-refractivity contribution in [1.29, 1.82) is 0 Å². The number of carboxylic acid groups (broad SMARTS) is 1. The first-order chi connectivity index (χ1) is 7.59. The van der Waals surface area contributed by atoms with Crippen molar-refractivity contribution in [3.63, 3.8) is 0 Å². The molecular weight excluding hydrogens is 294 g/mol. The van der Waals surface area contributed by atoms with Crippen molar-refractivity contribution in [3.8, 4) is 0 Å². The molecule has 0 bridgehead atoms. The van der Waals surface area contributed by atoms with Gasteiger partial charge in [-0.1, -0.05) is 0 Å². The van der Waals surface area contributed by atoms with Gasteiger partial charge in [0, 0.05) is 6.54 Å². The van der Waals surface area contributed by atoms with E-state index in [1.54, 1.807) is 11.3 Å². The Labute approximate surface area is 105 Å². The molecule has 2 N–H and O–H groups in total. The molecule has 1 amide bonds. The van der Waals surface area contributed by atoms with E-state index >= 15 is 0 Å². The molecule has 16 heavy (non-hydrogen) atoms. The molecule has 2 rings (SSSR count). The van der Waals surface area contributed by atoms with Crippen molar-refractivity contribution in [2.24, 2.45) is 11.8 Å². The number of carboxylic acids is 1. The van der Waals surface area contributed by atoms with Crippen LogP contribution in [-0.4, -0.2) is 17.0 Å². The average Bonchev–Trinajstić information content (AvgIpc) is 2.94. The Morgan fingerprint density at radius 2 is 2.31 bits per heavy atom. The van der Waals surface area contributed by atoms with E-state index in [4.69, 9.17) is 5.11 Å². The Balaban J connectivity index is 1.82. The third kappa shape index (κ3) is 2.44. The predicted molar refractivity (Wildman–Crippen MR) is 63.1 cm³/mol. The van der Waals surface area contributed by atoms with E-state index in [-0.39, 0.29) is 11.8 Å². The monoisotopic (exact) mass is 303 g/mol. The lowest BCUT2D eigenvalue weighted by atomic mass is 10.3. The summed E-state index contributed by atoms with van der Waals surface area (Å²) in [5.74, 6) is -1.86. The van der Waals surface area contributed by atoms with Gasteiger partial charge in [-0.05, 0) is 39.4 Å². The van der Waals surface area contributed by atoms with Crippen LogP contribution in [0.4, 0.5) is 0 Å². The molecule has 1 aromatic rings. The molecule has 1 fully saturated rings. The lowest BCUT2D eigenvalue weighted by Gasteiger charge is -2.03. The van der Waals surface area contributed by atoms with Gasteiger partial charge < -0.3 is 10.4 Å². The van der Waals surface area contributed by atoms with E-state index in [1.165, 1.54) is 0 Å². The van der Waals surface area contributed by atoms with Crippen LogP contribution in [0.1, 0.15) is 12.0 Å². The predicted octanol–water partition coefficient (Wildman–Crippen LogP) is 1.85. The van der Waals surface area contributed by atoms with Crippen LogP contribution >= 0.6 is 27.3 Å². The van der Waals surface area contributed by atoms with Crippen molar-refractivity contribution in [2.75, 3.05) is 0 Å². The number of hydrogen-bond donors (Lipinski definition) is 2. The Kier molecular flexibility index (Phi) is 3.30. The largest absolute Gasteiger partial charge is 0.481 e. The van der Waals surface area contributed by atoms with Crippen LogP contribution in [0.3, 0.4) is 0 Å². The second kappa shape index (κ2) is 4.55. The molecule has 2 unspecified atom stereocenters. The summed E-state index contributed by atoms with van der Waals surface area (Å²) < 4.78 is 0.999. The third-order valence-electron chi connectivity index (χ3n) is 2.59. The van der Waals surface area contributed by atoms with Crippen LogP contribution in [0, 0.1) is 11.8 Å². The molecule has 4 nitrogen and oxygen atoms in total. The topological polar surface area (TPSA) is 66.4 Å². The second-order valence-electron chi connectivity index (χ2n) is 3.72. The van der Waals surface area contributed by atoms with Crippen LogP contribution in [-0.2, 0) is 16.1 Å². The molecule has 1 aliphatic rings. The zero-order valence-corrected chi connectivity index (χ0v) is 10.7. The molecule has 1 aliphatic carbocycles. The van der Waals surface area contributed by atoms with Gasteiger partial charge in [0.2, 0.25) is 5.91 Å². The van der Waals surface area contributed by atoms with Gasteiger partial charge in [0.25, 0.3) is 0 Å². The quantitative estimate of drug-likeness (QED) is 0.892. The number of carbonyl (C=O) groups is 2. The Hall–Kier alpha value is -0.880. The summed E-state index contributed by atoms with van der Waals surface area (Å²) in [6, 6.07) is 1.93. The normalized spacial score (nSPS) is 22.8. The smallest absolute Gasteiger partial charge is 0.307 e. The number of rotatable bonds is 4. The minimum absolute atomic E-state index is 0.162. The SMILES string of the molecule is O=C(O)C1CC1C(=O)NCc1ccsc1Br. The number of thiophene rings is 1. The van der Waals surface area contributed by atoms with Gasteiger partial charge >= 0.3 is 5.97 Å². The average molecular weight is 304 g/mol. The zero-order valence-electron chi connectivity index (χ0n) is 8.27. The third-order valence-corrected chi connectivity index (χ3v) is 4.40. The first kappa shape index (κ1) is 11.6. The minimum atomic E-state index is -0.878. The van der Waals surface area contributed by atoms with Gasteiger partial charge in [-0.25, -0.2) is 0 Å². The molecule has 0 saturated heterocycles. The summed E-state index contributed by atoms with van der Waals surface area (Å²) in [5.41, 5.74) is 1.02. The van der Waals surface area contributed by atoms with Crippen molar-refractivity contribution in [2.45, 2.75) is 13.0 Å². The molecule has 0 spiro atoms. The van der Waals surface area contributed by atoms with Crippen LogP contribution in [0.15, 0.2) is 15.2 Å². The fraction of sp³-hybridized carbons (Fsp3) is 0.400. The van der Waals surface area contributed by atoms with Gasteiger partial charge in [0.1, 0.15) is 0 Å². The number of hydrogen-bond acceptors (Lipinski definition) is 3. The molecule has 1 aromatic heterocycles. The van der Waals surface area contributed by atoms with Crippen molar-refractivity contribution in [3.05, 3.63) is 20.8 Å². The maximum atomic E-state index is 11.5. The molecule has 1 heterocycles. The summed E-state index contributed by atoms with van der Waals surface area (Å²) in [7, 11) is 0.